The summed E-state index contributed by atoms with van der Waals surface area (Å²) in [6.45, 7) is 0. The normalized spacial score (nSPS) is 15.8. The Labute approximate surface area is 130 Å². The largest absolute Gasteiger partial charge is 0.271 e. The molecule has 112 valence electrons. The van der Waals surface area contributed by atoms with Gasteiger partial charge in [-0.3, -0.25) is 11.3 Å². The molecular formula is C15H16F2N2S2. The molecule has 1 unspecified atom stereocenters. The predicted molar refractivity (Wildman–Crippen MR) is 84.3 cm³/mol. The number of rotatable bonds is 4. The van der Waals surface area contributed by atoms with Gasteiger partial charge in [0.2, 0.25) is 0 Å². The fourth-order valence-electron chi connectivity index (χ4n) is 2.50. The summed E-state index contributed by atoms with van der Waals surface area (Å²) in [7, 11) is 0. The molecule has 1 aromatic heterocycles. The summed E-state index contributed by atoms with van der Waals surface area (Å²) in [5.41, 5.74) is 4.44. The number of hydrazine groups is 1. The van der Waals surface area contributed by atoms with E-state index in [2.05, 4.69) is 11.5 Å². The lowest BCUT2D eigenvalue weighted by Gasteiger charge is -2.14. The van der Waals surface area contributed by atoms with E-state index in [0.717, 1.165) is 34.9 Å². The van der Waals surface area contributed by atoms with Crippen LogP contribution in [0.25, 0.3) is 0 Å². The highest BCUT2D eigenvalue weighted by Gasteiger charge is 2.20. The zero-order valence-corrected chi connectivity index (χ0v) is 13.0. The van der Waals surface area contributed by atoms with Gasteiger partial charge in [-0.1, -0.05) is 0 Å². The van der Waals surface area contributed by atoms with Crippen LogP contribution in [0, 0.1) is 11.6 Å². The lowest BCUT2D eigenvalue weighted by molar-refractivity contribution is 0.528. The third-order valence-electron chi connectivity index (χ3n) is 3.62. The second kappa shape index (κ2) is 6.44. The Bertz CT molecular complexity index is 619. The van der Waals surface area contributed by atoms with Crippen molar-refractivity contribution in [3.8, 4) is 0 Å². The second-order valence-corrected chi connectivity index (χ2v) is 7.33. The molecule has 1 aliphatic heterocycles. The molecule has 1 aliphatic rings. The number of aryl methyl sites for hydroxylation is 1. The second-order valence-electron chi connectivity index (χ2n) is 5.06. The van der Waals surface area contributed by atoms with Crippen molar-refractivity contribution >= 4 is 23.1 Å². The lowest BCUT2D eigenvalue weighted by Crippen LogP contribution is -2.29. The molecule has 0 spiro atoms. The van der Waals surface area contributed by atoms with Crippen LogP contribution in [0.3, 0.4) is 0 Å². The van der Waals surface area contributed by atoms with Crippen LogP contribution in [0.1, 0.15) is 26.9 Å². The van der Waals surface area contributed by atoms with Crippen LogP contribution in [0.4, 0.5) is 8.78 Å². The van der Waals surface area contributed by atoms with Crippen molar-refractivity contribution in [1.29, 1.82) is 0 Å². The van der Waals surface area contributed by atoms with Crippen molar-refractivity contribution < 1.29 is 8.78 Å². The van der Waals surface area contributed by atoms with Gasteiger partial charge in [-0.05, 0) is 54.0 Å². The fourth-order valence-corrected chi connectivity index (χ4v) is 4.94. The molecule has 0 amide bonds. The number of benzene rings is 1. The summed E-state index contributed by atoms with van der Waals surface area (Å²) >= 11 is 3.65. The van der Waals surface area contributed by atoms with E-state index in [4.69, 9.17) is 5.84 Å². The number of hydrogen-bond donors (Lipinski definition) is 2. The lowest BCUT2D eigenvalue weighted by atomic mass is 10.0. The highest BCUT2D eigenvalue weighted by Crippen LogP contribution is 2.35. The van der Waals surface area contributed by atoms with Gasteiger partial charge in [0.05, 0.1) is 6.04 Å². The minimum Gasteiger partial charge on any atom is -0.271 e. The van der Waals surface area contributed by atoms with Gasteiger partial charge in [0, 0.05) is 15.5 Å². The van der Waals surface area contributed by atoms with E-state index in [9.17, 15) is 8.78 Å². The molecule has 1 aromatic carbocycles. The standard InChI is InChI=1S/C15H16F2N2S2/c16-11-1-2-12(17)9(5-11)6-13(19-18)15-7-10-8-20-4-3-14(10)21-15/h1-2,5,7,13,19H,3-4,6,8,18H2. The molecule has 3 rings (SSSR count). The van der Waals surface area contributed by atoms with Gasteiger partial charge in [0.1, 0.15) is 11.6 Å². The van der Waals surface area contributed by atoms with Crippen LogP contribution >= 0.6 is 23.1 Å². The van der Waals surface area contributed by atoms with Crippen LogP contribution < -0.4 is 11.3 Å². The maximum Gasteiger partial charge on any atom is 0.126 e. The Morgan fingerprint density at radius 3 is 2.90 bits per heavy atom. The van der Waals surface area contributed by atoms with E-state index >= 15 is 0 Å². The van der Waals surface area contributed by atoms with Crippen LogP contribution in [0.2, 0.25) is 0 Å². The summed E-state index contributed by atoms with van der Waals surface area (Å²) in [4.78, 5) is 2.48. The summed E-state index contributed by atoms with van der Waals surface area (Å²) in [6.07, 6.45) is 1.42. The number of halogens is 2. The maximum absolute atomic E-state index is 13.8. The molecule has 0 saturated heterocycles. The van der Waals surface area contributed by atoms with Gasteiger partial charge in [-0.15, -0.1) is 11.3 Å². The van der Waals surface area contributed by atoms with Crippen molar-refractivity contribution in [2.45, 2.75) is 24.6 Å². The molecule has 3 N–H and O–H groups in total. The number of thioether (sulfide) groups is 1. The Hall–Kier alpha value is -0.950. The minimum atomic E-state index is -0.427. The molecule has 0 fully saturated rings. The molecule has 1 atom stereocenters. The average Bonchev–Trinajstić information content (AvgIpc) is 2.91. The van der Waals surface area contributed by atoms with Gasteiger partial charge < -0.3 is 0 Å². The van der Waals surface area contributed by atoms with E-state index < -0.39 is 11.6 Å². The van der Waals surface area contributed by atoms with E-state index in [1.807, 2.05) is 11.8 Å². The van der Waals surface area contributed by atoms with Gasteiger partial charge in [-0.2, -0.15) is 11.8 Å². The van der Waals surface area contributed by atoms with Crippen molar-refractivity contribution in [3.63, 3.8) is 0 Å². The molecule has 0 radical (unpaired) electrons. The van der Waals surface area contributed by atoms with Crippen molar-refractivity contribution in [1.82, 2.24) is 5.43 Å². The summed E-state index contributed by atoms with van der Waals surface area (Å²) < 4.78 is 27.0. The third kappa shape index (κ3) is 3.29. The molecule has 2 nitrogen and oxygen atoms in total. The number of nitrogens with two attached hydrogens (primary N) is 1. The Morgan fingerprint density at radius 1 is 1.29 bits per heavy atom. The first-order valence-corrected chi connectivity index (χ1v) is 8.74. The highest BCUT2D eigenvalue weighted by molar-refractivity contribution is 7.98. The van der Waals surface area contributed by atoms with Crippen LogP contribution in [0.5, 0.6) is 0 Å². The van der Waals surface area contributed by atoms with E-state index in [1.165, 1.54) is 16.5 Å². The fraction of sp³-hybridized carbons (Fsp3) is 0.333. The Morgan fingerprint density at radius 2 is 2.14 bits per heavy atom. The minimum absolute atomic E-state index is 0.193. The molecule has 0 bridgehead atoms. The molecule has 0 saturated carbocycles. The average molecular weight is 326 g/mol. The van der Waals surface area contributed by atoms with Crippen LogP contribution in [0.15, 0.2) is 24.3 Å². The molecular weight excluding hydrogens is 310 g/mol. The molecule has 2 aromatic rings. The molecule has 6 heteroatoms. The number of nitrogens with one attached hydrogen (secondary N) is 1. The van der Waals surface area contributed by atoms with E-state index in [0.29, 0.717) is 12.0 Å². The molecule has 2 heterocycles. The summed E-state index contributed by atoms with van der Waals surface area (Å²) in [6, 6.07) is 5.48. The summed E-state index contributed by atoms with van der Waals surface area (Å²) in [5, 5.41) is 0. The quantitative estimate of drug-likeness (QED) is 0.666. The van der Waals surface area contributed by atoms with Crippen molar-refractivity contribution in [2.24, 2.45) is 5.84 Å². The van der Waals surface area contributed by atoms with Crippen molar-refractivity contribution in [3.05, 3.63) is 56.8 Å². The van der Waals surface area contributed by atoms with Gasteiger partial charge in [0.25, 0.3) is 0 Å². The zero-order valence-electron chi connectivity index (χ0n) is 11.4. The maximum atomic E-state index is 13.8. The Balaban J connectivity index is 1.84. The van der Waals surface area contributed by atoms with E-state index in [-0.39, 0.29) is 6.04 Å². The van der Waals surface area contributed by atoms with Crippen LogP contribution in [-0.2, 0) is 18.6 Å². The van der Waals surface area contributed by atoms with Gasteiger partial charge >= 0.3 is 0 Å². The first kappa shape index (κ1) is 15.0. The SMILES string of the molecule is NNC(Cc1cc(F)ccc1F)c1cc2c(s1)CCSC2. The number of fused-ring (bicyclic) bond motifs is 1. The summed E-state index contributed by atoms with van der Waals surface area (Å²) in [5.74, 6) is 6.98. The molecule has 21 heavy (non-hydrogen) atoms. The monoisotopic (exact) mass is 326 g/mol. The first-order valence-electron chi connectivity index (χ1n) is 6.76. The highest BCUT2D eigenvalue weighted by atomic mass is 32.2. The van der Waals surface area contributed by atoms with E-state index in [1.54, 1.807) is 11.3 Å². The Kier molecular flexibility index (Phi) is 4.59. The predicted octanol–water partition coefficient (Wildman–Crippen LogP) is 3.56. The van der Waals surface area contributed by atoms with Crippen molar-refractivity contribution in [2.75, 3.05) is 5.75 Å². The third-order valence-corrected chi connectivity index (χ3v) is 5.98. The first-order chi connectivity index (χ1) is 10.2. The zero-order chi connectivity index (χ0) is 14.8. The number of hydrogen-bond acceptors (Lipinski definition) is 4. The number of thiophene rings is 1. The topological polar surface area (TPSA) is 38.0 Å². The van der Waals surface area contributed by atoms with Gasteiger partial charge in [-0.25, -0.2) is 8.78 Å². The van der Waals surface area contributed by atoms with Gasteiger partial charge in [0.15, 0.2) is 0 Å². The molecule has 0 aliphatic carbocycles. The van der Waals surface area contributed by atoms with Crippen LogP contribution in [-0.4, -0.2) is 5.75 Å². The smallest absolute Gasteiger partial charge is 0.126 e.